The number of benzene rings is 1. The molecule has 0 aliphatic rings. The van der Waals surface area contributed by atoms with Crippen LogP contribution in [0.25, 0.3) is 10.1 Å². The summed E-state index contributed by atoms with van der Waals surface area (Å²) in [7, 11) is 0. The molecule has 2 aromatic rings. The fourth-order valence-corrected chi connectivity index (χ4v) is 2.59. The van der Waals surface area contributed by atoms with Crippen molar-refractivity contribution in [3.63, 3.8) is 0 Å². The largest absolute Gasteiger partial charge is 0.141 e. The molecule has 0 spiro atoms. The third-order valence-electron chi connectivity index (χ3n) is 2.51. The van der Waals surface area contributed by atoms with Crippen molar-refractivity contribution in [1.82, 2.24) is 0 Å². The smallest absolute Gasteiger partial charge is 0.0348 e. The van der Waals surface area contributed by atoms with E-state index in [4.69, 9.17) is 0 Å². The SMILES string of the molecule is CC.Cc1cc2ccc(C(C)(C)C)cc2s1. The van der Waals surface area contributed by atoms with E-state index in [2.05, 4.69) is 52.0 Å². The van der Waals surface area contributed by atoms with Crippen LogP contribution in [0.4, 0.5) is 0 Å². The molecule has 0 radical (unpaired) electrons. The maximum atomic E-state index is 2.33. The highest BCUT2D eigenvalue weighted by molar-refractivity contribution is 7.19. The zero-order valence-corrected chi connectivity index (χ0v) is 12.0. The second kappa shape index (κ2) is 5.01. The molecule has 0 unspecified atom stereocenters. The van der Waals surface area contributed by atoms with Crippen LogP contribution in [0.15, 0.2) is 24.3 Å². The number of rotatable bonds is 0. The second-order valence-corrected chi connectivity index (χ2v) is 6.15. The van der Waals surface area contributed by atoms with Gasteiger partial charge in [0.25, 0.3) is 0 Å². The van der Waals surface area contributed by atoms with Crippen LogP contribution >= 0.6 is 11.3 Å². The van der Waals surface area contributed by atoms with Crippen molar-refractivity contribution in [2.75, 3.05) is 0 Å². The van der Waals surface area contributed by atoms with Gasteiger partial charge in [0.1, 0.15) is 0 Å². The first-order valence-electron chi connectivity index (χ1n) is 5.97. The molecule has 0 atom stereocenters. The highest BCUT2D eigenvalue weighted by atomic mass is 32.1. The summed E-state index contributed by atoms with van der Waals surface area (Å²) in [6.45, 7) is 12.9. The lowest BCUT2D eigenvalue weighted by Gasteiger charge is -2.18. The molecule has 0 bridgehead atoms. The van der Waals surface area contributed by atoms with Crippen LogP contribution in [0.3, 0.4) is 0 Å². The molecule has 0 saturated carbocycles. The number of hydrogen-bond acceptors (Lipinski definition) is 1. The van der Waals surface area contributed by atoms with E-state index in [0.717, 1.165) is 0 Å². The van der Waals surface area contributed by atoms with E-state index >= 15 is 0 Å². The van der Waals surface area contributed by atoms with Crippen LogP contribution in [0.2, 0.25) is 0 Å². The van der Waals surface area contributed by atoms with Gasteiger partial charge in [-0.2, -0.15) is 0 Å². The first kappa shape index (κ1) is 13.2. The van der Waals surface area contributed by atoms with Crippen molar-refractivity contribution >= 4 is 21.4 Å². The number of fused-ring (bicyclic) bond motifs is 1. The Morgan fingerprint density at radius 2 is 1.62 bits per heavy atom. The van der Waals surface area contributed by atoms with E-state index < -0.39 is 0 Å². The molecule has 1 aromatic heterocycles. The molecule has 0 amide bonds. The van der Waals surface area contributed by atoms with Crippen molar-refractivity contribution in [2.45, 2.75) is 47.0 Å². The summed E-state index contributed by atoms with van der Waals surface area (Å²) in [4.78, 5) is 1.39. The molecule has 1 heteroatoms. The van der Waals surface area contributed by atoms with E-state index in [1.165, 1.54) is 20.5 Å². The first-order valence-corrected chi connectivity index (χ1v) is 6.79. The van der Waals surface area contributed by atoms with Gasteiger partial charge in [0.2, 0.25) is 0 Å². The van der Waals surface area contributed by atoms with E-state index in [-0.39, 0.29) is 5.41 Å². The predicted molar refractivity (Wildman–Crippen MR) is 76.6 cm³/mol. The molecule has 0 aliphatic carbocycles. The Morgan fingerprint density at radius 1 is 1.00 bits per heavy atom. The number of aryl methyl sites for hydroxylation is 1. The van der Waals surface area contributed by atoms with Crippen LogP contribution in [0.5, 0.6) is 0 Å². The Bertz CT molecular complexity index is 458. The van der Waals surface area contributed by atoms with Crippen molar-refractivity contribution in [3.05, 3.63) is 34.7 Å². The zero-order valence-electron chi connectivity index (χ0n) is 11.2. The fraction of sp³-hybridized carbons (Fsp3) is 0.467. The van der Waals surface area contributed by atoms with Gasteiger partial charge in [-0.1, -0.05) is 46.8 Å². The molecule has 2 rings (SSSR count). The van der Waals surface area contributed by atoms with Gasteiger partial charge in [0.15, 0.2) is 0 Å². The maximum absolute atomic E-state index is 2.33. The van der Waals surface area contributed by atoms with E-state index in [1.54, 1.807) is 0 Å². The van der Waals surface area contributed by atoms with Crippen molar-refractivity contribution in [2.24, 2.45) is 0 Å². The van der Waals surface area contributed by atoms with Crippen molar-refractivity contribution in [3.8, 4) is 0 Å². The highest BCUT2D eigenvalue weighted by Crippen LogP contribution is 2.30. The van der Waals surface area contributed by atoms with Crippen molar-refractivity contribution in [1.29, 1.82) is 0 Å². The molecule has 0 fully saturated rings. The first-order chi connectivity index (χ1) is 7.47. The van der Waals surface area contributed by atoms with Crippen LogP contribution in [0.1, 0.15) is 45.1 Å². The molecule has 0 saturated heterocycles. The molecule has 88 valence electrons. The summed E-state index contributed by atoms with van der Waals surface area (Å²) in [5.74, 6) is 0. The van der Waals surface area contributed by atoms with E-state index in [9.17, 15) is 0 Å². The van der Waals surface area contributed by atoms with Crippen LogP contribution < -0.4 is 0 Å². The molecule has 0 N–H and O–H groups in total. The van der Waals surface area contributed by atoms with Crippen molar-refractivity contribution < 1.29 is 0 Å². The summed E-state index contributed by atoms with van der Waals surface area (Å²) in [6.07, 6.45) is 0. The lowest BCUT2D eigenvalue weighted by Crippen LogP contribution is -2.10. The summed E-state index contributed by atoms with van der Waals surface area (Å²) in [6, 6.07) is 9.06. The lowest BCUT2D eigenvalue weighted by molar-refractivity contribution is 0.591. The van der Waals surface area contributed by atoms with Gasteiger partial charge in [-0.25, -0.2) is 0 Å². The molecular formula is C15H22S. The Kier molecular flexibility index (Phi) is 4.15. The zero-order chi connectivity index (χ0) is 12.3. The fourth-order valence-electron chi connectivity index (χ4n) is 1.63. The molecule has 16 heavy (non-hydrogen) atoms. The minimum Gasteiger partial charge on any atom is -0.141 e. The minimum absolute atomic E-state index is 0.256. The van der Waals surface area contributed by atoms with Gasteiger partial charge in [-0.3, -0.25) is 0 Å². The van der Waals surface area contributed by atoms with Gasteiger partial charge in [-0.05, 0) is 35.4 Å². The van der Waals surface area contributed by atoms with Crippen LogP contribution in [-0.4, -0.2) is 0 Å². The van der Waals surface area contributed by atoms with Crippen LogP contribution in [-0.2, 0) is 5.41 Å². The monoisotopic (exact) mass is 234 g/mol. The topological polar surface area (TPSA) is 0 Å². The molecule has 0 aliphatic heterocycles. The Morgan fingerprint density at radius 3 is 2.19 bits per heavy atom. The third kappa shape index (κ3) is 2.85. The standard InChI is InChI=1S/C13H16S.C2H6/c1-9-7-10-5-6-11(13(2,3)4)8-12(10)14-9;1-2/h5-8H,1-4H3;1-2H3. The van der Waals surface area contributed by atoms with Gasteiger partial charge >= 0.3 is 0 Å². The second-order valence-electron chi connectivity index (χ2n) is 4.86. The van der Waals surface area contributed by atoms with Gasteiger partial charge in [0.05, 0.1) is 0 Å². The quantitative estimate of drug-likeness (QED) is 0.562. The summed E-state index contributed by atoms with van der Waals surface area (Å²) in [5, 5.41) is 1.38. The lowest BCUT2D eigenvalue weighted by atomic mass is 9.87. The van der Waals surface area contributed by atoms with Gasteiger partial charge in [0, 0.05) is 9.58 Å². The molecule has 1 heterocycles. The van der Waals surface area contributed by atoms with Gasteiger partial charge < -0.3 is 0 Å². The maximum Gasteiger partial charge on any atom is 0.0348 e. The van der Waals surface area contributed by atoms with E-state index in [1.807, 2.05) is 25.2 Å². The number of thiophene rings is 1. The summed E-state index contributed by atoms with van der Waals surface area (Å²) < 4.78 is 1.41. The summed E-state index contributed by atoms with van der Waals surface area (Å²) >= 11 is 1.88. The molecular weight excluding hydrogens is 212 g/mol. The molecule has 1 aromatic carbocycles. The van der Waals surface area contributed by atoms with Gasteiger partial charge in [-0.15, -0.1) is 11.3 Å². The van der Waals surface area contributed by atoms with E-state index in [0.29, 0.717) is 0 Å². The average Bonchev–Trinajstić information content (AvgIpc) is 2.58. The average molecular weight is 234 g/mol. The third-order valence-corrected chi connectivity index (χ3v) is 3.52. The summed E-state index contributed by atoms with van der Waals surface area (Å²) in [5.41, 5.74) is 1.68. The number of hydrogen-bond donors (Lipinski definition) is 0. The highest BCUT2D eigenvalue weighted by Gasteiger charge is 2.13. The Balaban J connectivity index is 0.000000606. The predicted octanol–water partition coefficient (Wildman–Crippen LogP) is 5.53. The Hall–Kier alpha value is -0.820. The normalized spacial score (nSPS) is 11.1. The Labute approximate surface area is 103 Å². The molecule has 0 nitrogen and oxygen atoms in total. The van der Waals surface area contributed by atoms with Crippen LogP contribution in [0, 0.1) is 6.92 Å². The minimum atomic E-state index is 0.256.